The van der Waals surface area contributed by atoms with Crippen LogP contribution in [0.15, 0.2) is 11.6 Å². The summed E-state index contributed by atoms with van der Waals surface area (Å²) in [4.78, 5) is 21.5. The van der Waals surface area contributed by atoms with Gasteiger partial charge in [-0.15, -0.1) is 0 Å². The predicted molar refractivity (Wildman–Crippen MR) is 37.1 cm³/mol. The van der Waals surface area contributed by atoms with Gasteiger partial charge in [-0.3, -0.25) is 0 Å². The van der Waals surface area contributed by atoms with Gasteiger partial charge in [-0.05, 0) is 0 Å². The molecule has 66 valence electrons. The summed E-state index contributed by atoms with van der Waals surface area (Å²) in [7, 11) is 1.19. The van der Waals surface area contributed by atoms with Crippen molar-refractivity contribution < 1.29 is 24.2 Å². The molecule has 0 bridgehead atoms. The van der Waals surface area contributed by atoms with Gasteiger partial charge in [0.25, 0.3) is 0 Å². The van der Waals surface area contributed by atoms with Crippen LogP contribution in [0, 0.1) is 0 Å². The second-order valence-corrected chi connectivity index (χ2v) is 2.20. The van der Waals surface area contributed by atoms with Crippen molar-refractivity contribution in [1.29, 1.82) is 0 Å². The van der Waals surface area contributed by atoms with Gasteiger partial charge in [-0.1, -0.05) is 0 Å². The first-order chi connectivity index (χ1) is 5.69. The Morgan fingerprint density at radius 2 is 2.50 bits per heavy atom. The number of hydrogen-bond acceptors (Lipinski definition) is 5. The maximum atomic E-state index is 10.9. The molecule has 0 radical (unpaired) electrons. The quantitative estimate of drug-likeness (QED) is 0.541. The molecule has 1 aliphatic heterocycles. The molecule has 0 saturated heterocycles. The monoisotopic (exact) mass is 172 g/mol. The Morgan fingerprint density at radius 3 is 3.00 bits per heavy atom. The lowest BCUT2D eigenvalue weighted by atomic mass is 10.2. The van der Waals surface area contributed by atoms with E-state index in [1.165, 1.54) is 7.11 Å². The smallest absolute Gasteiger partial charge is 0.337 e. The summed E-state index contributed by atoms with van der Waals surface area (Å²) >= 11 is 0. The summed E-state index contributed by atoms with van der Waals surface area (Å²) in [6.45, 7) is -0.410. The molecule has 0 aromatic rings. The van der Waals surface area contributed by atoms with E-state index in [0.717, 1.165) is 6.08 Å². The second-order valence-electron chi connectivity index (χ2n) is 2.20. The lowest BCUT2D eigenvalue weighted by Crippen LogP contribution is -2.21. The molecule has 0 spiro atoms. The van der Waals surface area contributed by atoms with Crippen molar-refractivity contribution in [2.45, 2.75) is 6.10 Å². The van der Waals surface area contributed by atoms with Gasteiger partial charge in [0.05, 0.1) is 19.3 Å². The van der Waals surface area contributed by atoms with Crippen molar-refractivity contribution >= 4 is 11.9 Å². The van der Waals surface area contributed by atoms with Crippen LogP contribution in [0.4, 0.5) is 0 Å². The third kappa shape index (κ3) is 1.45. The molecule has 0 saturated carbocycles. The Balaban J connectivity index is 2.79. The molecule has 0 amide bonds. The van der Waals surface area contributed by atoms with Gasteiger partial charge in [0.2, 0.25) is 0 Å². The van der Waals surface area contributed by atoms with E-state index in [4.69, 9.17) is 5.11 Å². The van der Waals surface area contributed by atoms with Gasteiger partial charge in [0.1, 0.15) is 0 Å². The Hall–Kier alpha value is -1.36. The molecule has 0 aromatic carbocycles. The minimum atomic E-state index is -0.870. The number of esters is 2. The predicted octanol–water partition coefficient (Wildman–Crippen LogP) is -0.997. The van der Waals surface area contributed by atoms with Crippen LogP contribution in [0.2, 0.25) is 0 Å². The van der Waals surface area contributed by atoms with E-state index in [1.807, 2.05) is 0 Å². The lowest BCUT2D eigenvalue weighted by molar-refractivity contribution is -0.142. The summed E-state index contributed by atoms with van der Waals surface area (Å²) in [5, 5.41) is 8.67. The number of cyclic esters (lactones) is 1. The Labute approximate surface area is 68.6 Å². The molecule has 5 nitrogen and oxygen atoms in total. The zero-order valence-electron chi connectivity index (χ0n) is 6.44. The summed E-state index contributed by atoms with van der Waals surface area (Å²) in [6, 6.07) is 0. The van der Waals surface area contributed by atoms with Crippen LogP contribution >= 0.6 is 0 Å². The average molecular weight is 172 g/mol. The van der Waals surface area contributed by atoms with Crippen molar-refractivity contribution in [3.63, 3.8) is 0 Å². The van der Waals surface area contributed by atoms with Crippen LogP contribution in [0.5, 0.6) is 0 Å². The second kappa shape index (κ2) is 3.36. The number of ether oxygens (including phenoxy) is 2. The first-order valence-electron chi connectivity index (χ1n) is 3.30. The number of hydrogen-bond donors (Lipinski definition) is 1. The minimum absolute atomic E-state index is 0.0602. The van der Waals surface area contributed by atoms with Crippen molar-refractivity contribution in [2.75, 3.05) is 13.7 Å². The van der Waals surface area contributed by atoms with E-state index in [0.29, 0.717) is 0 Å². The average Bonchev–Trinajstić information content (AvgIpc) is 2.45. The molecule has 1 rings (SSSR count). The van der Waals surface area contributed by atoms with Gasteiger partial charge in [0.15, 0.2) is 6.10 Å². The van der Waals surface area contributed by atoms with Gasteiger partial charge in [-0.2, -0.15) is 0 Å². The molecule has 0 fully saturated rings. The van der Waals surface area contributed by atoms with Crippen molar-refractivity contribution in [3.8, 4) is 0 Å². The lowest BCUT2D eigenvalue weighted by Gasteiger charge is -2.08. The fourth-order valence-corrected chi connectivity index (χ4v) is 0.901. The molecule has 0 aromatic heterocycles. The highest BCUT2D eigenvalue weighted by atomic mass is 16.6. The first kappa shape index (κ1) is 8.73. The van der Waals surface area contributed by atoms with E-state index in [2.05, 4.69) is 9.47 Å². The van der Waals surface area contributed by atoms with Gasteiger partial charge in [-0.25, -0.2) is 9.59 Å². The molecule has 1 atom stereocenters. The molecule has 12 heavy (non-hydrogen) atoms. The van der Waals surface area contributed by atoms with E-state index in [9.17, 15) is 9.59 Å². The van der Waals surface area contributed by atoms with Crippen LogP contribution in [-0.2, 0) is 19.1 Å². The van der Waals surface area contributed by atoms with Crippen LogP contribution < -0.4 is 0 Å². The Bertz CT molecular complexity index is 242. The summed E-state index contributed by atoms with van der Waals surface area (Å²) in [5.74, 6) is -1.28. The highest BCUT2D eigenvalue weighted by molar-refractivity contribution is 6.00. The van der Waals surface area contributed by atoms with Crippen molar-refractivity contribution in [3.05, 3.63) is 11.6 Å². The number of aliphatic hydroxyl groups is 1. The van der Waals surface area contributed by atoms with Gasteiger partial charge in [0, 0.05) is 6.08 Å². The molecule has 5 heteroatoms. The third-order valence-corrected chi connectivity index (χ3v) is 1.47. The van der Waals surface area contributed by atoms with E-state index in [-0.39, 0.29) is 5.57 Å². The zero-order valence-corrected chi connectivity index (χ0v) is 6.44. The molecule has 1 aliphatic rings. The van der Waals surface area contributed by atoms with Crippen LogP contribution in [0.1, 0.15) is 0 Å². The first-order valence-corrected chi connectivity index (χ1v) is 3.30. The maximum absolute atomic E-state index is 10.9. The molecule has 0 aliphatic carbocycles. The molecule has 1 unspecified atom stereocenters. The SMILES string of the molecule is COC(=O)C1=CC(=O)OC1CO. The van der Waals surface area contributed by atoms with Gasteiger partial charge < -0.3 is 14.6 Å². The summed E-state index contributed by atoms with van der Waals surface area (Å²) < 4.78 is 8.93. The molecule has 1 N–H and O–H groups in total. The van der Waals surface area contributed by atoms with Crippen LogP contribution in [0.3, 0.4) is 0 Å². The summed E-state index contributed by atoms with van der Waals surface area (Å²) in [6.07, 6.45) is 0.150. The van der Waals surface area contributed by atoms with Crippen molar-refractivity contribution in [2.24, 2.45) is 0 Å². The normalized spacial score (nSPS) is 21.7. The minimum Gasteiger partial charge on any atom is -0.466 e. The van der Waals surface area contributed by atoms with Crippen molar-refractivity contribution in [1.82, 2.24) is 0 Å². The fraction of sp³-hybridized carbons (Fsp3) is 0.429. The highest BCUT2D eigenvalue weighted by Crippen LogP contribution is 2.15. The number of rotatable bonds is 2. The van der Waals surface area contributed by atoms with Gasteiger partial charge >= 0.3 is 11.9 Å². The molecule has 1 heterocycles. The topological polar surface area (TPSA) is 72.8 Å². The number of methoxy groups -OCH3 is 1. The zero-order chi connectivity index (χ0) is 9.14. The third-order valence-electron chi connectivity index (χ3n) is 1.47. The number of aliphatic hydroxyl groups excluding tert-OH is 1. The fourth-order valence-electron chi connectivity index (χ4n) is 0.901. The molecular formula is C7H8O5. The van der Waals surface area contributed by atoms with Crippen LogP contribution in [-0.4, -0.2) is 36.9 Å². The van der Waals surface area contributed by atoms with E-state index in [1.54, 1.807) is 0 Å². The maximum Gasteiger partial charge on any atom is 0.337 e. The number of carbonyl (C=O) groups is 2. The Kier molecular flexibility index (Phi) is 2.44. The molecular weight excluding hydrogens is 164 g/mol. The Morgan fingerprint density at radius 1 is 1.83 bits per heavy atom. The van der Waals surface area contributed by atoms with E-state index >= 15 is 0 Å². The summed E-state index contributed by atoms with van der Waals surface area (Å²) in [5.41, 5.74) is 0.0602. The largest absolute Gasteiger partial charge is 0.466 e. The van der Waals surface area contributed by atoms with E-state index < -0.39 is 24.6 Å². The standard InChI is InChI=1S/C7H8O5/c1-11-7(10)4-2-6(9)12-5(4)3-8/h2,5,8H,3H2,1H3. The van der Waals surface area contributed by atoms with Crippen LogP contribution in [0.25, 0.3) is 0 Å². The highest BCUT2D eigenvalue weighted by Gasteiger charge is 2.30. The number of carbonyl (C=O) groups excluding carboxylic acids is 2.